The van der Waals surface area contributed by atoms with Crippen LogP contribution in [0.3, 0.4) is 0 Å². The highest BCUT2D eigenvalue weighted by molar-refractivity contribution is 5.85. The number of para-hydroxylation sites is 1. The van der Waals surface area contributed by atoms with Crippen molar-refractivity contribution in [1.29, 1.82) is 0 Å². The molecule has 204 valence electrons. The lowest BCUT2D eigenvalue weighted by Gasteiger charge is -2.32. The van der Waals surface area contributed by atoms with E-state index < -0.39 is 0 Å². The van der Waals surface area contributed by atoms with Crippen molar-refractivity contribution in [2.45, 2.75) is 31.8 Å². The third-order valence-electron chi connectivity index (χ3n) is 7.47. The van der Waals surface area contributed by atoms with Gasteiger partial charge in [-0.15, -0.1) is 0 Å². The first-order valence-electron chi connectivity index (χ1n) is 14.0. The molecule has 0 unspecified atom stereocenters. The molecule has 40 heavy (non-hydrogen) atoms. The first kappa shape index (κ1) is 25.8. The highest BCUT2D eigenvalue weighted by atomic mass is 16.5. The molecular weight excluding hydrogens is 498 g/mol. The number of nitrogens with one attached hydrogen (secondary N) is 2. The average Bonchev–Trinajstić information content (AvgIpc) is 3.44. The van der Waals surface area contributed by atoms with E-state index in [0.29, 0.717) is 12.0 Å². The predicted molar refractivity (Wildman–Crippen MR) is 160 cm³/mol. The minimum absolute atomic E-state index is 0.324. The van der Waals surface area contributed by atoms with E-state index in [4.69, 9.17) is 19.7 Å². The summed E-state index contributed by atoms with van der Waals surface area (Å²) in [5, 5.41) is 7.18. The maximum absolute atomic E-state index is 5.29. The van der Waals surface area contributed by atoms with E-state index in [1.165, 1.54) is 11.1 Å². The molecule has 0 radical (unpaired) electrons. The molecule has 0 atom stereocenters. The van der Waals surface area contributed by atoms with Crippen molar-refractivity contribution in [2.24, 2.45) is 0 Å². The number of hydrogen-bond acceptors (Lipinski definition) is 7. The van der Waals surface area contributed by atoms with Crippen molar-refractivity contribution >= 4 is 22.9 Å². The number of ether oxygens (including phenoxy) is 1. The summed E-state index contributed by atoms with van der Waals surface area (Å²) >= 11 is 0. The van der Waals surface area contributed by atoms with Gasteiger partial charge in [0.2, 0.25) is 5.95 Å². The molecule has 3 aromatic carbocycles. The fourth-order valence-electron chi connectivity index (χ4n) is 5.24. The number of piperidine rings is 1. The maximum Gasteiger partial charge on any atom is 0.227 e. The Morgan fingerprint density at radius 1 is 0.850 bits per heavy atom. The molecule has 1 saturated heterocycles. The zero-order valence-corrected chi connectivity index (χ0v) is 22.8. The number of methoxy groups -OCH3 is 1. The Hall–Kier alpha value is -4.43. The van der Waals surface area contributed by atoms with Crippen LogP contribution in [0.15, 0.2) is 91.3 Å². The zero-order valence-electron chi connectivity index (χ0n) is 22.8. The molecule has 2 aromatic heterocycles. The summed E-state index contributed by atoms with van der Waals surface area (Å²) in [4.78, 5) is 17.1. The first-order chi connectivity index (χ1) is 19.7. The van der Waals surface area contributed by atoms with Crippen LogP contribution in [-0.4, -0.2) is 57.2 Å². The molecule has 5 aromatic rings. The Morgan fingerprint density at radius 2 is 1.57 bits per heavy atom. The Bertz CT molecular complexity index is 1510. The molecular formula is C32H35N7O. The number of anilines is 2. The Balaban J connectivity index is 1.18. The van der Waals surface area contributed by atoms with E-state index in [1.807, 2.05) is 41.2 Å². The fraction of sp³-hybridized carbons (Fsp3) is 0.281. The number of nitrogens with zero attached hydrogens (tertiary/aromatic N) is 5. The van der Waals surface area contributed by atoms with E-state index in [0.717, 1.165) is 73.9 Å². The number of benzene rings is 3. The molecule has 1 fully saturated rings. The van der Waals surface area contributed by atoms with Crippen LogP contribution in [0.4, 0.5) is 11.8 Å². The minimum atomic E-state index is 0.324. The molecule has 0 spiro atoms. The van der Waals surface area contributed by atoms with Crippen LogP contribution < -0.4 is 15.4 Å². The van der Waals surface area contributed by atoms with Crippen molar-refractivity contribution < 1.29 is 4.74 Å². The van der Waals surface area contributed by atoms with E-state index in [-0.39, 0.29) is 0 Å². The summed E-state index contributed by atoms with van der Waals surface area (Å²) < 4.78 is 7.31. The van der Waals surface area contributed by atoms with Crippen molar-refractivity contribution in [2.75, 3.05) is 37.4 Å². The smallest absolute Gasteiger partial charge is 0.227 e. The molecule has 1 aliphatic heterocycles. The van der Waals surface area contributed by atoms with Gasteiger partial charge in [-0.3, -0.25) is 9.47 Å². The second kappa shape index (κ2) is 12.2. The van der Waals surface area contributed by atoms with Crippen LogP contribution in [0.2, 0.25) is 0 Å². The summed E-state index contributed by atoms with van der Waals surface area (Å²) in [6.07, 6.45) is 4.78. The quantitative estimate of drug-likeness (QED) is 0.243. The predicted octanol–water partition coefficient (Wildman–Crippen LogP) is 5.56. The largest absolute Gasteiger partial charge is 0.497 e. The van der Waals surface area contributed by atoms with Gasteiger partial charge in [-0.2, -0.15) is 9.97 Å². The molecule has 6 rings (SSSR count). The van der Waals surface area contributed by atoms with Gasteiger partial charge in [0.1, 0.15) is 12.1 Å². The van der Waals surface area contributed by atoms with E-state index in [1.54, 1.807) is 7.11 Å². The van der Waals surface area contributed by atoms with Gasteiger partial charge < -0.3 is 15.4 Å². The number of hydrogen-bond donors (Lipinski definition) is 2. The summed E-state index contributed by atoms with van der Waals surface area (Å²) in [5.41, 5.74) is 5.17. The molecule has 3 heterocycles. The van der Waals surface area contributed by atoms with Crippen LogP contribution in [0, 0.1) is 0 Å². The maximum atomic E-state index is 5.29. The molecule has 8 heteroatoms. The van der Waals surface area contributed by atoms with Gasteiger partial charge in [0.25, 0.3) is 0 Å². The van der Waals surface area contributed by atoms with Gasteiger partial charge in [-0.05, 0) is 54.7 Å². The molecule has 0 aliphatic carbocycles. The van der Waals surface area contributed by atoms with E-state index in [9.17, 15) is 0 Å². The van der Waals surface area contributed by atoms with Crippen LogP contribution in [0.5, 0.6) is 5.75 Å². The van der Waals surface area contributed by atoms with Gasteiger partial charge in [0, 0.05) is 37.9 Å². The van der Waals surface area contributed by atoms with Crippen LogP contribution >= 0.6 is 0 Å². The number of imidazole rings is 1. The molecule has 0 saturated carbocycles. The molecule has 8 nitrogen and oxygen atoms in total. The van der Waals surface area contributed by atoms with Crippen molar-refractivity contribution in [3.8, 4) is 11.4 Å². The second-order valence-corrected chi connectivity index (χ2v) is 10.2. The van der Waals surface area contributed by atoms with Crippen LogP contribution in [0.25, 0.3) is 16.9 Å². The Kier molecular flexibility index (Phi) is 7.86. The highest BCUT2D eigenvalue weighted by Gasteiger charge is 2.21. The standard InChI is InChI=1S/C32H35N7O/c1-40-28-14-12-24(13-15-28)16-19-33-30-29-31(39(23-34-29)27-10-6-3-7-11-27)37-32(36-30)35-26-17-20-38(21-18-26)22-25-8-4-2-5-9-25/h2-15,23,26H,16-22H2,1H3,(H2,33,35,36,37). The average molecular weight is 534 g/mol. The van der Waals surface area contributed by atoms with Crippen LogP contribution in [-0.2, 0) is 13.0 Å². The Morgan fingerprint density at radius 3 is 2.30 bits per heavy atom. The third kappa shape index (κ3) is 6.07. The number of likely N-dealkylation sites (tertiary alicyclic amines) is 1. The topological polar surface area (TPSA) is 80.1 Å². The van der Waals surface area contributed by atoms with E-state index >= 15 is 0 Å². The van der Waals surface area contributed by atoms with Gasteiger partial charge in [-0.1, -0.05) is 60.7 Å². The lowest BCUT2D eigenvalue weighted by atomic mass is 10.0. The second-order valence-electron chi connectivity index (χ2n) is 10.2. The van der Waals surface area contributed by atoms with Crippen LogP contribution in [0.1, 0.15) is 24.0 Å². The third-order valence-corrected chi connectivity index (χ3v) is 7.47. The summed E-state index contributed by atoms with van der Waals surface area (Å²) in [5.74, 6) is 2.25. The zero-order chi connectivity index (χ0) is 27.1. The fourth-order valence-corrected chi connectivity index (χ4v) is 5.24. The monoisotopic (exact) mass is 533 g/mol. The minimum Gasteiger partial charge on any atom is -0.497 e. The van der Waals surface area contributed by atoms with Gasteiger partial charge >= 0.3 is 0 Å². The van der Waals surface area contributed by atoms with Gasteiger partial charge in [0.15, 0.2) is 17.0 Å². The molecule has 0 amide bonds. The first-order valence-corrected chi connectivity index (χ1v) is 14.0. The number of rotatable bonds is 10. The van der Waals surface area contributed by atoms with Crippen molar-refractivity contribution in [1.82, 2.24) is 24.4 Å². The van der Waals surface area contributed by atoms with Crippen molar-refractivity contribution in [3.63, 3.8) is 0 Å². The summed E-state index contributed by atoms with van der Waals surface area (Å²) in [6.45, 7) is 3.82. The van der Waals surface area contributed by atoms with Crippen molar-refractivity contribution in [3.05, 3.63) is 102 Å². The van der Waals surface area contributed by atoms with Gasteiger partial charge in [0.05, 0.1) is 7.11 Å². The number of aromatic nitrogens is 4. The Labute approximate surface area is 235 Å². The highest BCUT2D eigenvalue weighted by Crippen LogP contribution is 2.25. The molecule has 0 bridgehead atoms. The number of fused-ring (bicyclic) bond motifs is 1. The lowest BCUT2D eigenvalue weighted by Crippen LogP contribution is -2.39. The molecule has 2 N–H and O–H groups in total. The summed E-state index contributed by atoms with van der Waals surface area (Å²) in [7, 11) is 1.69. The molecule has 1 aliphatic rings. The SMILES string of the molecule is COc1ccc(CCNc2nc(NC3CCN(Cc4ccccc4)CC3)nc3c2ncn3-c2ccccc2)cc1. The van der Waals surface area contributed by atoms with E-state index in [2.05, 4.69) is 70.1 Å². The summed E-state index contributed by atoms with van der Waals surface area (Å²) in [6, 6.07) is 29.4. The normalized spacial score (nSPS) is 14.3. The lowest BCUT2D eigenvalue weighted by molar-refractivity contribution is 0.211. The van der Waals surface area contributed by atoms with Gasteiger partial charge in [-0.25, -0.2) is 4.98 Å².